The van der Waals surface area contributed by atoms with Gasteiger partial charge in [-0.3, -0.25) is 4.79 Å². The molecule has 0 unspecified atom stereocenters. The number of hydrogen-bond acceptors (Lipinski definition) is 1. The molecule has 1 aromatic carbocycles. The predicted octanol–water partition coefficient (Wildman–Crippen LogP) is 3.99. The zero-order valence-corrected chi connectivity index (χ0v) is 10.4. The van der Waals surface area contributed by atoms with E-state index in [2.05, 4.69) is 29.8 Å². The van der Waals surface area contributed by atoms with Crippen molar-refractivity contribution in [2.24, 2.45) is 5.92 Å². The maximum Gasteiger partial charge on any atom is 0.164 e. The molecular weight excluding hydrogens is 240 g/mol. The minimum atomic E-state index is 0.215. The van der Waals surface area contributed by atoms with Gasteiger partial charge in [0, 0.05) is 16.5 Å². The fourth-order valence-electron chi connectivity index (χ4n) is 1.33. The van der Waals surface area contributed by atoms with Gasteiger partial charge in [-0.25, -0.2) is 0 Å². The molecule has 1 rings (SSSR count). The molecule has 0 aromatic heterocycles. The summed E-state index contributed by atoms with van der Waals surface area (Å²) in [5.74, 6) is 0.627. The maximum atomic E-state index is 11.8. The lowest BCUT2D eigenvalue weighted by molar-refractivity contribution is 0.0967. The maximum absolute atomic E-state index is 11.8. The van der Waals surface area contributed by atoms with Crippen LogP contribution in [0.4, 0.5) is 0 Å². The molecule has 0 bridgehead atoms. The summed E-state index contributed by atoms with van der Waals surface area (Å²) in [6, 6.07) is 5.84. The van der Waals surface area contributed by atoms with Crippen LogP contribution in [0.5, 0.6) is 0 Å². The van der Waals surface area contributed by atoms with E-state index < -0.39 is 0 Å². The zero-order chi connectivity index (χ0) is 10.7. The summed E-state index contributed by atoms with van der Waals surface area (Å²) in [6.07, 6.45) is 0.613. The standard InChI is InChI=1S/C12H15BrO/c1-8(2)6-12(14)10-5-4-9(3)7-11(10)13/h4-5,7-8H,6H2,1-3H3. The Morgan fingerprint density at radius 1 is 1.43 bits per heavy atom. The first-order valence-corrected chi connectivity index (χ1v) is 5.59. The van der Waals surface area contributed by atoms with Gasteiger partial charge in [-0.05, 0) is 24.5 Å². The van der Waals surface area contributed by atoms with Crippen LogP contribution in [-0.2, 0) is 0 Å². The fraction of sp³-hybridized carbons (Fsp3) is 0.417. The molecule has 0 spiro atoms. The molecule has 0 atom stereocenters. The van der Waals surface area contributed by atoms with Gasteiger partial charge >= 0.3 is 0 Å². The Morgan fingerprint density at radius 3 is 2.57 bits per heavy atom. The largest absolute Gasteiger partial charge is 0.294 e. The van der Waals surface area contributed by atoms with E-state index in [1.165, 1.54) is 0 Å². The average Bonchev–Trinajstić information content (AvgIpc) is 2.01. The summed E-state index contributed by atoms with van der Waals surface area (Å²) in [7, 11) is 0. The Kier molecular flexibility index (Phi) is 3.87. The van der Waals surface area contributed by atoms with Crippen LogP contribution in [0.25, 0.3) is 0 Å². The van der Waals surface area contributed by atoms with Crippen molar-refractivity contribution < 1.29 is 4.79 Å². The van der Waals surface area contributed by atoms with Crippen molar-refractivity contribution in [1.82, 2.24) is 0 Å². The van der Waals surface area contributed by atoms with Crippen molar-refractivity contribution in [2.75, 3.05) is 0 Å². The van der Waals surface area contributed by atoms with Crippen molar-refractivity contribution in [3.05, 3.63) is 33.8 Å². The number of aryl methyl sites for hydroxylation is 1. The van der Waals surface area contributed by atoms with E-state index in [0.29, 0.717) is 12.3 Å². The topological polar surface area (TPSA) is 17.1 Å². The van der Waals surface area contributed by atoms with Gasteiger partial charge in [-0.1, -0.05) is 41.9 Å². The molecule has 0 heterocycles. The lowest BCUT2D eigenvalue weighted by Crippen LogP contribution is -2.04. The molecular formula is C12H15BrO. The van der Waals surface area contributed by atoms with Gasteiger partial charge in [0.15, 0.2) is 5.78 Å². The van der Waals surface area contributed by atoms with Crippen LogP contribution in [0.1, 0.15) is 36.2 Å². The predicted molar refractivity (Wildman–Crippen MR) is 62.7 cm³/mol. The van der Waals surface area contributed by atoms with E-state index in [-0.39, 0.29) is 5.78 Å². The number of carbonyl (C=O) groups excluding carboxylic acids is 1. The number of Topliss-reactive ketones (excluding diaryl/α,β-unsaturated/α-hetero) is 1. The highest BCUT2D eigenvalue weighted by molar-refractivity contribution is 9.10. The van der Waals surface area contributed by atoms with Gasteiger partial charge in [0.2, 0.25) is 0 Å². The van der Waals surface area contributed by atoms with Crippen molar-refractivity contribution in [2.45, 2.75) is 27.2 Å². The van der Waals surface area contributed by atoms with Crippen molar-refractivity contribution in [1.29, 1.82) is 0 Å². The molecule has 0 aliphatic heterocycles. The van der Waals surface area contributed by atoms with E-state index in [0.717, 1.165) is 15.6 Å². The number of hydrogen-bond donors (Lipinski definition) is 0. The van der Waals surface area contributed by atoms with Crippen LogP contribution < -0.4 is 0 Å². The van der Waals surface area contributed by atoms with Crippen LogP contribution in [0.2, 0.25) is 0 Å². The SMILES string of the molecule is Cc1ccc(C(=O)CC(C)C)c(Br)c1. The van der Waals surface area contributed by atoms with Crippen LogP contribution in [-0.4, -0.2) is 5.78 Å². The van der Waals surface area contributed by atoms with Crippen molar-refractivity contribution >= 4 is 21.7 Å². The molecule has 1 nitrogen and oxygen atoms in total. The van der Waals surface area contributed by atoms with Crippen LogP contribution >= 0.6 is 15.9 Å². The average molecular weight is 255 g/mol. The lowest BCUT2D eigenvalue weighted by atomic mass is 10.0. The van der Waals surface area contributed by atoms with E-state index >= 15 is 0 Å². The summed E-state index contributed by atoms with van der Waals surface area (Å²) < 4.78 is 0.906. The Balaban J connectivity index is 2.90. The molecule has 0 aliphatic rings. The first-order valence-electron chi connectivity index (χ1n) is 4.80. The number of rotatable bonds is 3. The number of benzene rings is 1. The van der Waals surface area contributed by atoms with E-state index in [1.54, 1.807) is 0 Å². The number of ketones is 1. The van der Waals surface area contributed by atoms with Gasteiger partial charge in [-0.15, -0.1) is 0 Å². The molecule has 0 radical (unpaired) electrons. The van der Waals surface area contributed by atoms with E-state index in [4.69, 9.17) is 0 Å². The second kappa shape index (κ2) is 4.74. The number of halogens is 1. The molecule has 0 amide bonds. The molecule has 0 fully saturated rings. The minimum Gasteiger partial charge on any atom is -0.294 e. The van der Waals surface area contributed by atoms with Gasteiger partial charge in [0.25, 0.3) is 0 Å². The van der Waals surface area contributed by atoms with Crippen LogP contribution in [0.15, 0.2) is 22.7 Å². The number of carbonyl (C=O) groups is 1. The Morgan fingerprint density at radius 2 is 2.07 bits per heavy atom. The Labute approximate surface area is 93.7 Å². The normalized spacial score (nSPS) is 10.6. The third kappa shape index (κ3) is 2.95. The summed E-state index contributed by atoms with van der Waals surface area (Å²) in [4.78, 5) is 11.8. The van der Waals surface area contributed by atoms with Gasteiger partial charge in [0.1, 0.15) is 0 Å². The summed E-state index contributed by atoms with van der Waals surface area (Å²) in [6.45, 7) is 6.13. The molecule has 14 heavy (non-hydrogen) atoms. The highest BCUT2D eigenvalue weighted by Gasteiger charge is 2.11. The van der Waals surface area contributed by atoms with Crippen molar-refractivity contribution in [3.63, 3.8) is 0 Å². The highest BCUT2D eigenvalue weighted by atomic mass is 79.9. The monoisotopic (exact) mass is 254 g/mol. The molecule has 0 aliphatic carbocycles. The molecule has 1 aromatic rings. The fourth-order valence-corrected chi connectivity index (χ4v) is 2.04. The zero-order valence-electron chi connectivity index (χ0n) is 8.80. The van der Waals surface area contributed by atoms with Gasteiger partial charge in [-0.2, -0.15) is 0 Å². The smallest absolute Gasteiger partial charge is 0.164 e. The van der Waals surface area contributed by atoms with Crippen molar-refractivity contribution in [3.8, 4) is 0 Å². The molecule has 76 valence electrons. The first kappa shape index (κ1) is 11.4. The third-order valence-electron chi connectivity index (χ3n) is 2.02. The van der Waals surface area contributed by atoms with E-state index in [9.17, 15) is 4.79 Å². The second-order valence-corrected chi connectivity index (χ2v) is 4.86. The second-order valence-electron chi connectivity index (χ2n) is 4.00. The molecule has 0 N–H and O–H groups in total. The van der Waals surface area contributed by atoms with Crippen LogP contribution in [0, 0.1) is 12.8 Å². The minimum absolute atomic E-state index is 0.215. The van der Waals surface area contributed by atoms with Gasteiger partial charge < -0.3 is 0 Å². The molecule has 0 saturated heterocycles. The van der Waals surface area contributed by atoms with E-state index in [1.807, 2.05) is 25.1 Å². The highest BCUT2D eigenvalue weighted by Crippen LogP contribution is 2.21. The summed E-state index contributed by atoms with van der Waals surface area (Å²) >= 11 is 3.42. The quantitative estimate of drug-likeness (QED) is 0.746. The summed E-state index contributed by atoms with van der Waals surface area (Å²) in [5.41, 5.74) is 1.96. The van der Waals surface area contributed by atoms with Gasteiger partial charge in [0.05, 0.1) is 0 Å². The summed E-state index contributed by atoms with van der Waals surface area (Å²) in [5, 5.41) is 0. The third-order valence-corrected chi connectivity index (χ3v) is 2.67. The first-order chi connectivity index (χ1) is 6.50. The lowest BCUT2D eigenvalue weighted by Gasteiger charge is -2.06. The van der Waals surface area contributed by atoms with Crippen LogP contribution in [0.3, 0.4) is 0 Å². The molecule has 0 saturated carbocycles. The molecule has 2 heteroatoms. The Bertz CT molecular complexity index is 342. The Hall–Kier alpha value is -0.630.